The fourth-order valence-electron chi connectivity index (χ4n) is 3.79. The lowest BCUT2D eigenvalue weighted by molar-refractivity contribution is -0.129. The van der Waals surface area contributed by atoms with Crippen molar-refractivity contribution in [3.05, 3.63) is 0 Å². The first-order valence-corrected chi connectivity index (χ1v) is 8.79. The van der Waals surface area contributed by atoms with Crippen LogP contribution in [0.25, 0.3) is 0 Å². The van der Waals surface area contributed by atoms with Crippen LogP contribution in [0.15, 0.2) is 0 Å². The molecular weight excluding hydrogens is 334 g/mol. The summed E-state index contributed by atoms with van der Waals surface area (Å²) < 4.78 is 27.2. The van der Waals surface area contributed by atoms with Gasteiger partial charge in [0.2, 0.25) is 11.8 Å². The van der Waals surface area contributed by atoms with E-state index in [1.807, 2.05) is 0 Å². The average molecular weight is 360 g/mol. The van der Waals surface area contributed by atoms with Crippen LogP contribution in [0.1, 0.15) is 25.7 Å². The number of alkyl halides is 2. The molecule has 8 nitrogen and oxygen atoms in total. The molecule has 1 saturated carbocycles. The third-order valence-electron chi connectivity index (χ3n) is 5.33. The van der Waals surface area contributed by atoms with Crippen molar-refractivity contribution in [2.45, 2.75) is 56.3 Å². The molecule has 6 N–H and O–H groups in total. The molecule has 0 aromatic carbocycles. The van der Waals surface area contributed by atoms with Gasteiger partial charge in [-0.25, -0.2) is 19.6 Å². The Hall–Kier alpha value is -1.36. The zero-order valence-corrected chi connectivity index (χ0v) is 14.0. The number of amides is 2. The summed E-state index contributed by atoms with van der Waals surface area (Å²) in [7, 11) is 0. The molecule has 3 aliphatic rings. The van der Waals surface area contributed by atoms with Gasteiger partial charge in [0.25, 0.3) is 0 Å². The number of hydrogen-bond acceptors (Lipinski definition) is 6. The third kappa shape index (κ3) is 4.25. The van der Waals surface area contributed by atoms with Crippen molar-refractivity contribution in [1.82, 2.24) is 26.4 Å². The van der Waals surface area contributed by atoms with E-state index < -0.39 is 36.3 Å². The molecule has 10 heteroatoms. The molecule has 6 atom stereocenters. The Labute approximate surface area is 145 Å². The molecule has 0 bridgehead atoms. The van der Waals surface area contributed by atoms with Gasteiger partial charge in [-0.2, -0.15) is 0 Å². The van der Waals surface area contributed by atoms with E-state index in [0.717, 1.165) is 26.2 Å². The van der Waals surface area contributed by atoms with Gasteiger partial charge in [0, 0.05) is 32.2 Å². The van der Waals surface area contributed by atoms with Crippen molar-refractivity contribution >= 4 is 11.8 Å². The summed E-state index contributed by atoms with van der Waals surface area (Å²) in [5.74, 6) is -1.92. The quantitative estimate of drug-likeness (QED) is 0.417. The fraction of sp³-hybridized carbons (Fsp3) is 0.867. The first-order chi connectivity index (χ1) is 12.0. The Morgan fingerprint density at radius 2 is 1.88 bits per heavy atom. The molecule has 6 unspecified atom stereocenters. The minimum absolute atomic E-state index is 0.148. The van der Waals surface area contributed by atoms with E-state index in [2.05, 4.69) is 26.4 Å². The summed E-state index contributed by atoms with van der Waals surface area (Å²) in [6.45, 7) is 2.69. The van der Waals surface area contributed by atoms with Gasteiger partial charge in [0.1, 0.15) is 18.4 Å². The van der Waals surface area contributed by atoms with E-state index in [1.54, 1.807) is 0 Å². The summed E-state index contributed by atoms with van der Waals surface area (Å²) in [6, 6.07) is -1.25. The molecule has 25 heavy (non-hydrogen) atoms. The number of nitrogens with one attached hydrogen (secondary N) is 4. The highest BCUT2D eigenvalue weighted by atomic mass is 19.2. The van der Waals surface area contributed by atoms with Crippen LogP contribution in [0.3, 0.4) is 0 Å². The number of carbonyl (C=O) groups is 2. The van der Waals surface area contributed by atoms with Crippen molar-refractivity contribution < 1.29 is 18.4 Å². The highest BCUT2D eigenvalue weighted by molar-refractivity contribution is 5.84. The Bertz CT molecular complexity index is 496. The zero-order chi connectivity index (χ0) is 18.0. The lowest BCUT2D eigenvalue weighted by atomic mass is 9.81. The van der Waals surface area contributed by atoms with Gasteiger partial charge in [0.15, 0.2) is 0 Å². The molecule has 0 spiro atoms. The molecule has 0 aromatic rings. The fourth-order valence-corrected chi connectivity index (χ4v) is 3.79. The lowest BCUT2D eigenvalue weighted by Crippen LogP contribution is -2.63. The Morgan fingerprint density at radius 1 is 1.12 bits per heavy atom. The summed E-state index contributed by atoms with van der Waals surface area (Å²) in [5.41, 5.74) is 11.4. The summed E-state index contributed by atoms with van der Waals surface area (Å²) in [4.78, 5) is 26.2. The normalized spacial score (nSPS) is 39.9. The number of carbonyl (C=O) groups excluding carboxylic acids is 2. The largest absolute Gasteiger partial charge is 0.369 e. The minimum Gasteiger partial charge on any atom is -0.369 e. The number of nitrogens with two attached hydrogens (primary N) is 1. The van der Waals surface area contributed by atoms with Crippen LogP contribution >= 0.6 is 0 Å². The Kier molecular flexibility index (Phi) is 5.82. The van der Waals surface area contributed by atoms with Gasteiger partial charge in [-0.15, -0.1) is 0 Å². The Morgan fingerprint density at radius 3 is 2.48 bits per heavy atom. The Balaban J connectivity index is 1.52. The van der Waals surface area contributed by atoms with Crippen LogP contribution in [-0.4, -0.2) is 67.1 Å². The predicted octanol–water partition coefficient (Wildman–Crippen LogP) is -1.51. The number of nitrogens with zero attached hydrogens (tertiary/aromatic N) is 1. The molecule has 2 saturated heterocycles. The predicted molar refractivity (Wildman–Crippen MR) is 86.3 cm³/mol. The first kappa shape index (κ1) is 18.4. The molecule has 2 amide bonds. The highest BCUT2D eigenvalue weighted by Crippen LogP contribution is 2.29. The molecule has 2 aliphatic heterocycles. The zero-order valence-electron chi connectivity index (χ0n) is 14.0. The van der Waals surface area contributed by atoms with Gasteiger partial charge in [-0.3, -0.25) is 14.5 Å². The van der Waals surface area contributed by atoms with Gasteiger partial charge >= 0.3 is 0 Å². The number of hydrazine groups is 1. The standard InChI is InChI=1S/C15H26F2N6O2/c16-9-5-8(14(18)24)12(6-10(9)17)20-15(25)11-1-2-13(22-21-11)23-4-3-19-7-23/h8-13,19,21-22H,1-7H2,(H2,18,24)(H,20,25). The van der Waals surface area contributed by atoms with E-state index in [-0.39, 0.29) is 24.9 Å². The third-order valence-corrected chi connectivity index (χ3v) is 5.33. The van der Waals surface area contributed by atoms with Crippen molar-refractivity contribution in [2.75, 3.05) is 19.8 Å². The maximum atomic E-state index is 13.7. The second-order valence-electron chi connectivity index (χ2n) is 7.03. The van der Waals surface area contributed by atoms with Gasteiger partial charge in [0.05, 0.1) is 12.1 Å². The molecule has 0 radical (unpaired) electrons. The number of halogens is 2. The first-order valence-electron chi connectivity index (χ1n) is 8.79. The molecule has 1 aliphatic carbocycles. The molecule has 2 heterocycles. The monoisotopic (exact) mass is 360 g/mol. The summed E-state index contributed by atoms with van der Waals surface area (Å²) in [6.07, 6.45) is -2.38. The van der Waals surface area contributed by atoms with E-state index in [4.69, 9.17) is 5.73 Å². The van der Waals surface area contributed by atoms with Crippen molar-refractivity contribution in [3.63, 3.8) is 0 Å². The molecule has 3 fully saturated rings. The number of rotatable bonds is 4. The smallest absolute Gasteiger partial charge is 0.238 e. The van der Waals surface area contributed by atoms with E-state index >= 15 is 0 Å². The SMILES string of the molecule is NC(=O)C1CC(F)C(F)CC1NC(=O)C1CCC(N2CCNC2)NN1. The van der Waals surface area contributed by atoms with Crippen LogP contribution in [0.2, 0.25) is 0 Å². The molecule has 3 rings (SSSR count). The van der Waals surface area contributed by atoms with Crippen molar-refractivity contribution in [3.8, 4) is 0 Å². The second kappa shape index (κ2) is 7.90. The minimum atomic E-state index is -1.71. The average Bonchev–Trinajstić information content (AvgIpc) is 3.12. The number of primary amides is 1. The van der Waals surface area contributed by atoms with Gasteiger partial charge in [-0.1, -0.05) is 0 Å². The van der Waals surface area contributed by atoms with Crippen molar-refractivity contribution in [1.29, 1.82) is 0 Å². The second-order valence-corrected chi connectivity index (χ2v) is 7.03. The summed E-state index contributed by atoms with van der Waals surface area (Å²) >= 11 is 0. The highest BCUT2D eigenvalue weighted by Gasteiger charge is 2.42. The molecule has 0 aromatic heterocycles. The van der Waals surface area contributed by atoms with Gasteiger partial charge in [-0.05, 0) is 19.3 Å². The van der Waals surface area contributed by atoms with Crippen LogP contribution in [0, 0.1) is 5.92 Å². The van der Waals surface area contributed by atoms with Gasteiger partial charge < -0.3 is 16.4 Å². The maximum Gasteiger partial charge on any atom is 0.238 e. The van der Waals surface area contributed by atoms with Crippen LogP contribution in [0.4, 0.5) is 8.78 Å². The molecule has 142 valence electrons. The van der Waals surface area contributed by atoms with E-state index in [1.165, 1.54) is 0 Å². The van der Waals surface area contributed by atoms with Crippen LogP contribution < -0.4 is 27.2 Å². The topological polar surface area (TPSA) is 112 Å². The maximum absolute atomic E-state index is 13.7. The lowest BCUT2D eigenvalue weighted by Gasteiger charge is -2.37. The summed E-state index contributed by atoms with van der Waals surface area (Å²) in [5, 5.41) is 5.93. The molecular formula is C15H26F2N6O2. The van der Waals surface area contributed by atoms with E-state index in [0.29, 0.717) is 6.42 Å². The van der Waals surface area contributed by atoms with E-state index in [9.17, 15) is 18.4 Å². The van der Waals surface area contributed by atoms with Crippen LogP contribution in [-0.2, 0) is 9.59 Å². The van der Waals surface area contributed by atoms with Crippen LogP contribution in [0.5, 0.6) is 0 Å². The number of hydrogen-bond donors (Lipinski definition) is 5. The van der Waals surface area contributed by atoms with Crippen molar-refractivity contribution in [2.24, 2.45) is 11.7 Å².